The van der Waals surface area contributed by atoms with E-state index in [-0.39, 0.29) is 29.1 Å². The van der Waals surface area contributed by atoms with Crippen LogP contribution in [0.15, 0.2) is 54.9 Å². The van der Waals surface area contributed by atoms with Crippen LogP contribution in [0.3, 0.4) is 0 Å². The highest BCUT2D eigenvalue weighted by atomic mass is 35.5. The fraction of sp³-hybridized carbons (Fsp3) is 0.200. The van der Waals surface area contributed by atoms with Gasteiger partial charge in [0.15, 0.2) is 0 Å². The third kappa shape index (κ3) is 3.61. The van der Waals surface area contributed by atoms with Gasteiger partial charge in [-0.05, 0) is 43.2 Å². The van der Waals surface area contributed by atoms with Crippen LogP contribution in [0.1, 0.15) is 33.6 Å². The Balaban J connectivity index is 1.52. The molecule has 1 fully saturated rings. The van der Waals surface area contributed by atoms with Gasteiger partial charge >= 0.3 is 6.03 Å². The Morgan fingerprint density at radius 2 is 1.93 bits per heavy atom. The van der Waals surface area contributed by atoms with Gasteiger partial charge in [0.05, 0.1) is 22.7 Å². The molecule has 28 heavy (non-hydrogen) atoms. The van der Waals surface area contributed by atoms with Crippen molar-refractivity contribution >= 4 is 35.3 Å². The topological polar surface area (TPSA) is 82.6 Å². The highest BCUT2D eigenvalue weighted by Crippen LogP contribution is 2.23. The average molecular weight is 397 g/mol. The number of nitrogens with one attached hydrogen (secondary N) is 1. The first kappa shape index (κ1) is 18.2. The summed E-state index contributed by atoms with van der Waals surface area (Å²) >= 11 is 6.09. The van der Waals surface area contributed by atoms with Gasteiger partial charge in [0.1, 0.15) is 5.82 Å². The number of rotatable bonds is 4. The summed E-state index contributed by atoms with van der Waals surface area (Å²) in [7, 11) is 0. The lowest BCUT2D eigenvalue weighted by Crippen LogP contribution is -2.47. The molecular weight excluding hydrogens is 380 g/mol. The summed E-state index contributed by atoms with van der Waals surface area (Å²) in [5.41, 5.74) is 0.681. The summed E-state index contributed by atoms with van der Waals surface area (Å²) in [5, 5.41) is 3.17. The smallest absolute Gasteiger partial charge is 0.337 e. The van der Waals surface area contributed by atoms with Crippen LogP contribution in [0, 0.1) is 0 Å². The first-order valence-electron chi connectivity index (χ1n) is 8.88. The number of nitrogens with zero attached hydrogens (tertiary/aromatic N) is 3. The molecule has 1 N–H and O–H groups in total. The number of hydrogen-bond acceptors (Lipinski definition) is 4. The van der Waals surface area contributed by atoms with Crippen LogP contribution in [-0.2, 0) is 0 Å². The van der Waals surface area contributed by atoms with E-state index in [4.69, 9.17) is 11.6 Å². The Bertz CT molecular complexity index is 970. The van der Waals surface area contributed by atoms with Crippen molar-refractivity contribution in [2.45, 2.75) is 18.9 Å². The monoisotopic (exact) mass is 396 g/mol. The first-order chi connectivity index (χ1) is 13.5. The summed E-state index contributed by atoms with van der Waals surface area (Å²) in [5.74, 6) is -0.344. The van der Waals surface area contributed by atoms with E-state index in [0.29, 0.717) is 11.4 Å². The van der Waals surface area contributed by atoms with Crippen LogP contribution in [0.4, 0.5) is 10.6 Å². The molecule has 7 nitrogen and oxygen atoms in total. The van der Waals surface area contributed by atoms with E-state index < -0.39 is 11.9 Å². The van der Waals surface area contributed by atoms with Crippen LogP contribution in [0.25, 0.3) is 0 Å². The minimum absolute atomic E-state index is 0.140. The number of carbonyl (C=O) groups excluding carboxylic acids is 3. The molecule has 8 heteroatoms. The first-order valence-corrected chi connectivity index (χ1v) is 9.25. The number of urea groups is 1. The van der Waals surface area contributed by atoms with Crippen molar-refractivity contribution < 1.29 is 14.4 Å². The van der Waals surface area contributed by atoms with Gasteiger partial charge in [-0.1, -0.05) is 23.7 Å². The molecule has 1 aliphatic heterocycles. The second-order valence-electron chi connectivity index (χ2n) is 6.59. The minimum Gasteiger partial charge on any atom is -0.349 e. The Morgan fingerprint density at radius 3 is 2.61 bits per heavy atom. The molecule has 0 saturated heterocycles. The molecule has 1 aliphatic carbocycles. The molecule has 142 valence electrons. The van der Waals surface area contributed by atoms with E-state index in [9.17, 15) is 14.4 Å². The van der Waals surface area contributed by atoms with Crippen molar-refractivity contribution in [3.63, 3.8) is 0 Å². The molecule has 2 aliphatic rings. The van der Waals surface area contributed by atoms with Gasteiger partial charge in [0.2, 0.25) is 0 Å². The molecule has 1 aromatic carbocycles. The number of aromatic nitrogens is 1. The van der Waals surface area contributed by atoms with Crippen molar-refractivity contribution in [3.8, 4) is 0 Å². The molecule has 1 aromatic heterocycles. The summed E-state index contributed by atoms with van der Waals surface area (Å²) in [6.45, 7) is 0.140. The van der Waals surface area contributed by atoms with Gasteiger partial charge in [0.25, 0.3) is 11.8 Å². The maximum absolute atomic E-state index is 12.8. The SMILES string of the molecule is O=C(NC1CC1)c1ccc(N2C=CCN(C(=O)c3ccccc3Cl)C2=O)nc1. The third-order valence-electron chi connectivity index (χ3n) is 4.50. The fourth-order valence-electron chi connectivity index (χ4n) is 2.81. The Kier molecular flexibility index (Phi) is 4.83. The summed E-state index contributed by atoms with van der Waals surface area (Å²) < 4.78 is 0. The van der Waals surface area contributed by atoms with Crippen LogP contribution in [-0.4, -0.2) is 40.3 Å². The quantitative estimate of drug-likeness (QED) is 0.860. The zero-order valence-electron chi connectivity index (χ0n) is 14.8. The Hall–Kier alpha value is -3.19. The van der Waals surface area contributed by atoms with Crippen LogP contribution >= 0.6 is 11.6 Å². The second-order valence-corrected chi connectivity index (χ2v) is 6.99. The lowest BCUT2D eigenvalue weighted by molar-refractivity contribution is 0.0818. The number of amides is 4. The highest BCUT2D eigenvalue weighted by Gasteiger charge is 2.31. The Labute approximate surface area is 166 Å². The van der Waals surface area contributed by atoms with Gasteiger partial charge in [0, 0.05) is 18.4 Å². The van der Waals surface area contributed by atoms with Crippen LogP contribution in [0.5, 0.6) is 0 Å². The lowest BCUT2D eigenvalue weighted by atomic mass is 10.2. The lowest BCUT2D eigenvalue weighted by Gasteiger charge is -2.29. The molecule has 0 spiro atoms. The summed E-state index contributed by atoms with van der Waals surface area (Å²) in [6.07, 6.45) is 6.67. The Morgan fingerprint density at radius 1 is 1.14 bits per heavy atom. The molecular formula is C20H17ClN4O3. The maximum Gasteiger partial charge on any atom is 0.337 e. The molecule has 0 bridgehead atoms. The van der Waals surface area contributed by atoms with Gasteiger partial charge in [-0.3, -0.25) is 19.4 Å². The van der Waals surface area contributed by atoms with Crippen molar-refractivity contribution in [3.05, 3.63) is 71.0 Å². The number of carbonyl (C=O) groups is 3. The van der Waals surface area contributed by atoms with E-state index >= 15 is 0 Å². The molecule has 0 radical (unpaired) electrons. The zero-order chi connectivity index (χ0) is 19.7. The predicted molar refractivity (Wildman–Crippen MR) is 104 cm³/mol. The molecule has 2 aromatic rings. The minimum atomic E-state index is -0.532. The fourth-order valence-corrected chi connectivity index (χ4v) is 3.03. The van der Waals surface area contributed by atoms with Gasteiger partial charge in [-0.15, -0.1) is 0 Å². The van der Waals surface area contributed by atoms with Crippen molar-refractivity contribution in [1.82, 2.24) is 15.2 Å². The molecule has 0 atom stereocenters. The normalized spacial score (nSPS) is 16.2. The molecule has 1 saturated carbocycles. The van der Waals surface area contributed by atoms with Gasteiger partial charge in [-0.25, -0.2) is 9.78 Å². The van der Waals surface area contributed by atoms with E-state index in [1.54, 1.807) is 48.7 Å². The van der Waals surface area contributed by atoms with Gasteiger partial charge < -0.3 is 5.32 Å². The van der Waals surface area contributed by atoms with Crippen LogP contribution < -0.4 is 10.2 Å². The largest absolute Gasteiger partial charge is 0.349 e. The number of halogens is 1. The zero-order valence-corrected chi connectivity index (χ0v) is 15.6. The van der Waals surface area contributed by atoms with Crippen molar-refractivity contribution in [2.24, 2.45) is 0 Å². The molecule has 2 heterocycles. The summed E-state index contributed by atoms with van der Waals surface area (Å²) in [6, 6.07) is 9.49. The molecule has 0 unspecified atom stereocenters. The van der Waals surface area contributed by atoms with Crippen molar-refractivity contribution in [1.29, 1.82) is 0 Å². The number of anilines is 1. The standard InChI is InChI=1S/C20H17ClN4O3/c21-16-5-2-1-4-15(16)19(27)25-11-3-10-24(20(25)28)17-9-6-13(12-22-17)18(26)23-14-7-8-14/h1-6,9-10,12,14H,7-8,11H2,(H,23,26). The predicted octanol–water partition coefficient (Wildman–Crippen LogP) is 3.22. The van der Waals surface area contributed by atoms with E-state index in [1.807, 2.05) is 0 Å². The van der Waals surface area contributed by atoms with E-state index in [0.717, 1.165) is 17.7 Å². The van der Waals surface area contributed by atoms with Crippen molar-refractivity contribution in [2.75, 3.05) is 11.4 Å². The average Bonchev–Trinajstić information content (AvgIpc) is 3.52. The third-order valence-corrected chi connectivity index (χ3v) is 4.83. The molecule has 4 rings (SSSR count). The number of benzene rings is 1. The summed E-state index contributed by atoms with van der Waals surface area (Å²) in [4.78, 5) is 44.2. The van der Waals surface area contributed by atoms with E-state index in [2.05, 4.69) is 10.3 Å². The number of imide groups is 1. The van der Waals surface area contributed by atoms with Crippen LogP contribution in [0.2, 0.25) is 5.02 Å². The number of pyridine rings is 1. The number of hydrogen-bond donors (Lipinski definition) is 1. The van der Waals surface area contributed by atoms with Gasteiger partial charge in [-0.2, -0.15) is 0 Å². The maximum atomic E-state index is 12.8. The molecule has 4 amide bonds. The highest BCUT2D eigenvalue weighted by molar-refractivity contribution is 6.34. The van der Waals surface area contributed by atoms with E-state index in [1.165, 1.54) is 11.1 Å². The second kappa shape index (κ2) is 7.44.